The highest BCUT2D eigenvalue weighted by atomic mass is 16.2. The number of aromatic amines is 2. The van der Waals surface area contributed by atoms with Crippen LogP contribution in [0.25, 0.3) is 11.0 Å². The van der Waals surface area contributed by atoms with Crippen molar-refractivity contribution in [1.29, 1.82) is 0 Å². The van der Waals surface area contributed by atoms with Crippen LogP contribution in [0.2, 0.25) is 0 Å². The predicted molar refractivity (Wildman–Crippen MR) is 208 cm³/mol. The van der Waals surface area contributed by atoms with Crippen molar-refractivity contribution < 1.29 is 24.0 Å². The molecule has 1 atom stereocenters. The molecule has 0 saturated carbocycles. The van der Waals surface area contributed by atoms with E-state index in [2.05, 4.69) is 51.3 Å². The zero-order valence-corrected chi connectivity index (χ0v) is 31.2. The number of Topliss-reactive ketones (excluding diaryl/α,β-unsaturated/α-hetero) is 1. The van der Waals surface area contributed by atoms with Gasteiger partial charge in [-0.25, -0.2) is 4.79 Å². The summed E-state index contributed by atoms with van der Waals surface area (Å²) in [5.74, 6) is -2.51. The van der Waals surface area contributed by atoms with Crippen LogP contribution in [0.3, 0.4) is 0 Å². The van der Waals surface area contributed by atoms with Gasteiger partial charge in [-0.15, -0.1) is 0 Å². The van der Waals surface area contributed by atoms with Crippen molar-refractivity contribution in [2.24, 2.45) is 10.2 Å². The summed E-state index contributed by atoms with van der Waals surface area (Å²) in [6.07, 6.45) is 0. The van der Waals surface area contributed by atoms with Crippen LogP contribution in [0.1, 0.15) is 65.7 Å². The van der Waals surface area contributed by atoms with Gasteiger partial charge in [-0.3, -0.25) is 24.0 Å². The van der Waals surface area contributed by atoms with Crippen molar-refractivity contribution in [2.75, 3.05) is 63.0 Å². The van der Waals surface area contributed by atoms with Crippen LogP contribution in [-0.2, 0) is 9.59 Å². The third-order valence-corrected chi connectivity index (χ3v) is 8.77. The van der Waals surface area contributed by atoms with Crippen molar-refractivity contribution in [1.82, 2.24) is 30.4 Å². The average molecular weight is 741 g/mol. The molecule has 16 nitrogen and oxygen atoms in total. The molecule has 0 spiro atoms. The first kappa shape index (κ1) is 40.8. The number of benzene rings is 3. The van der Waals surface area contributed by atoms with Crippen molar-refractivity contribution in [3.63, 3.8) is 0 Å². The third kappa shape index (κ3) is 11.5. The first-order valence-electron chi connectivity index (χ1n) is 18.0. The molecule has 0 aliphatic rings. The molecule has 0 saturated heterocycles. The quantitative estimate of drug-likeness (QED) is 0.0611. The van der Waals surface area contributed by atoms with E-state index in [4.69, 9.17) is 0 Å². The average Bonchev–Trinajstić information content (AvgIpc) is 3.54. The van der Waals surface area contributed by atoms with Gasteiger partial charge < -0.3 is 41.0 Å². The summed E-state index contributed by atoms with van der Waals surface area (Å²) >= 11 is 0. The van der Waals surface area contributed by atoms with E-state index in [1.54, 1.807) is 18.2 Å². The van der Waals surface area contributed by atoms with E-state index in [1.165, 1.54) is 49.4 Å². The highest BCUT2D eigenvalue weighted by Crippen LogP contribution is 2.20. The maximum atomic E-state index is 13.3. The minimum Gasteiger partial charge on any atom is -0.351 e. The molecule has 0 aliphatic carbocycles. The Morgan fingerprint density at radius 2 is 1.20 bits per heavy atom. The summed E-state index contributed by atoms with van der Waals surface area (Å²) in [5, 5.41) is 19.2. The Bertz CT molecular complexity index is 1980. The topological polar surface area (TPSA) is 213 Å². The third-order valence-electron chi connectivity index (χ3n) is 8.77. The fraction of sp³-hybridized carbons (Fsp3) is 0.368. The van der Waals surface area contributed by atoms with Gasteiger partial charge in [0.1, 0.15) is 0 Å². The fourth-order valence-electron chi connectivity index (χ4n) is 5.55. The Balaban J connectivity index is 1.45. The number of azo groups is 1. The van der Waals surface area contributed by atoms with Crippen LogP contribution in [0.4, 0.5) is 17.1 Å². The van der Waals surface area contributed by atoms with Crippen LogP contribution in [0, 0.1) is 0 Å². The van der Waals surface area contributed by atoms with Gasteiger partial charge in [0, 0.05) is 54.2 Å². The summed E-state index contributed by atoms with van der Waals surface area (Å²) in [4.78, 5) is 86.0. The Morgan fingerprint density at radius 3 is 1.74 bits per heavy atom. The van der Waals surface area contributed by atoms with Crippen LogP contribution in [-0.4, -0.2) is 108 Å². The number of hydrogen-bond donors (Lipinski definition) is 6. The number of amides is 4. The Labute approximate surface area is 313 Å². The first-order chi connectivity index (χ1) is 25.9. The Hall–Kier alpha value is -6.00. The van der Waals surface area contributed by atoms with Gasteiger partial charge in [0.15, 0.2) is 5.78 Å². The Morgan fingerprint density at radius 1 is 0.648 bits per heavy atom. The first-order valence-corrected chi connectivity index (χ1v) is 18.0. The van der Waals surface area contributed by atoms with Crippen molar-refractivity contribution in [3.05, 3.63) is 87.8 Å². The van der Waals surface area contributed by atoms with Gasteiger partial charge in [-0.2, -0.15) is 10.2 Å². The van der Waals surface area contributed by atoms with Crippen LogP contribution >= 0.6 is 0 Å². The number of aromatic nitrogens is 2. The number of carbonyl (C=O) groups is 5. The largest absolute Gasteiger partial charge is 0.351 e. The molecule has 1 aromatic heterocycles. The zero-order chi connectivity index (χ0) is 39.2. The van der Waals surface area contributed by atoms with Gasteiger partial charge in [0.25, 0.3) is 23.6 Å². The molecule has 4 aromatic rings. The summed E-state index contributed by atoms with van der Waals surface area (Å²) in [5.41, 5.74) is 2.23. The summed E-state index contributed by atoms with van der Waals surface area (Å²) in [6.45, 7) is 15.0. The number of carbonyl (C=O) groups excluding carboxylic acids is 5. The molecule has 16 heteroatoms. The molecule has 0 radical (unpaired) electrons. The minimum atomic E-state index is -1.45. The number of anilines is 2. The number of likely N-dealkylation sites (N-methyl/N-ethyl adjacent to an activating group) is 2. The molecule has 1 heterocycles. The second-order valence-corrected chi connectivity index (χ2v) is 12.4. The molecular formula is C38H48N10O6. The van der Waals surface area contributed by atoms with E-state index in [9.17, 15) is 28.8 Å². The highest BCUT2D eigenvalue weighted by Gasteiger charge is 2.23. The molecule has 0 bridgehead atoms. The molecule has 3 aromatic carbocycles. The smallest absolute Gasteiger partial charge is 0.323 e. The second-order valence-electron chi connectivity index (χ2n) is 12.4. The molecule has 286 valence electrons. The summed E-state index contributed by atoms with van der Waals surface area (Å²) in [7, 11) is 0. The van der Waals surface area contributed by atoms with Crippen molar-refractivity contribution in [2.45, 2.75) is 40.7 Å². The van der Waals surface area contributed by atoms with E-state index in [1.807, 2.05) is 27.7 Å². The normalized spacial score (nSPS) is 11.9. The number of imidazole rings is 1. The number of rotatable bonds is 19. The predicted octanol–water partition coefficient (Wildman–Crippen LogP) is 3.93. The number of nitrogens with zero attached hydrogens (tertiary/aromatic N) is 4. The zero-order valence-electron chi connectivity index (χ0n) is 31.2. The lowest BCUT2D eigenvalue weighted by molar-refractivity contribution is -0.126. The van der Waals surface area contributed by atoms with E-state index in [0.717, 1.165) is 26.2 Å². The lowest BCUT2D eigenvalue weighted by Gasteiger charge is -2.19. The molecular weight excluding hydrogens is 692 g/mol. The van der Waals surface area contributed by atoms with E-state index < -0.39 is 29.3 Å². The number of hydrogen-bond acceptors (Lipinski definition) is 10. The monoisotopic (exact) mass is 740 g/mol. The van der Waals surface area contributed by atoms with Crippen LogP contribution < -0.4 is 27.0 Å². The molecule has 0 fully saturated rings. The second kappa shape index (κ2) is 19.7. The van der Waals surface area contributed by atoms with Gasteiger partial charge >= 0.3 is 5.69 Å². The minimum absolute atomic E-state index is 0.223. The van der Waals surface area contributed by atoms with Gasteiger partial charge in [-0.05, 0) is 93.8 Å². The van der Waals surface area contributed by atoms with Crippen molar-refractivity contribution in [3.8, 4) is 0 Å². The molecule has 6 N–H and O–H groups in total. The fourth-order valence-corrected chi connectivity index (χ4v) is 5.55. The molecule has 4 rings (SSSR count). The van der Waals surface area contributed by atoms with Gasteiger partial charge in [0.2, 0.25) is 6.04 Å². The molecule has 0 aliphatic heterocycles. The lowest BCUT2D eigenvalue weighted by atomic mass is 10.1. The van der Waals surface area contributed by atoms with E-state index in [0.29, 0.717) is 42.9 Å². The summed E-state index contributed by atoms with van der Waals surface area (Å²) in [6, 6.07) is 13.8. The van der Waals surface area contributed by atoms with Gasteiger partial charge in [-0.1, -0.05) is 27.7 Å². The van der Waals surface area contributed by atoms with Crippen molar-refractivity contribution >= 4 is 57.5 Å². The SMILES string of the molecule is CCN(CC)CCNC(=O)c1cc(NC(=O)c2ccc(N=NC(C(C)=O)C(=O)Nc3ccc4[nH]c(=O)[nH]c4c3)cc2)cc(C(=O)NCCN(CC)CC)c1. The molecule has 1 unspecified atom stereocenters. The lowest BCUT2D eigenvalue weighted by Crippen LogP contribution is -2.35. The van der Waals surface area contributed by atoms with E-state index >= 15 is 0 Å². The van der Waals surface area contributed by atoms with Crippen LogP contribution in [0.5, 0.6) is 0 Å². The highest BCUT2D eigenvalue weighted by molar-refractivity contribution is 6.10. The Kier molecular flexibility index (Phi) is 14.9. The van der Waals surface area contributed by atoms with E-state index in [-0.39, 0.29) is 39.9 Å². The van der Waals surface area contributed by atoms with Gasteiger partial charge in [0.05, 0.1) is 16.7 Å². The maximum Gasteiger partial charge on any atom is 0.323 e. The number of fused-ring (bicyclic) bond motifs is 1. The number of H-pyrrole nitrogens is 2. The van der Waals surface area contributed by atoms with Crippen LogP contribution in [0.15, 0.2) is 75.7 Å². The molecule has 54 heavy (non-hydrogen) atoms. The number of ketones is 1. The summed E-state index contributed by atoms with van der Waals surface area (Å²) < 4.78 is 0. The maximum absolute atomic E-state index is 13.3. The molecule has 4 amide bonds. The number of nitrogens with one attached hydrogen (secondary N) is 6. The standard InChI is InChI=1S/C38H48N10O6/c1-6-47(7-2)18-16-39-34(50)26-20-27(35(51)40-17-19-48(8-3)9-4)22-30(21-26)42-36(52)25-10-12-28(13-11-25)45-46-33(24(5)49)37(53)41-29-14-15-31-32(23-29)44-38(54)43-31/h10-15,20-23,33H,6-9,16-19H2,1-5H3,(H,39,50)(H,40,51)(H,41,53)(H,42,52)(H2,43,44,54).